The Bertz CT molecular complexity index is 1110. The van der Waals surface area contributed by atoms with Crippen LogP contribution in [0.5, 0.6) is 11.5 Å². The molecule has 1 aliphatic heterocycles. The first-order chi connectivity index (χ1) is 16.0. The lowest BCUT2D eigenvalue weighted by atomic mass is 9.98. The first kappa shape index (κ1) is 22.5. The number of nitrogens with zero attached hydrogens (tertiary/aromatic N) is 2. The largest absolute Gasteiger partial charge is 0.457 e. The maximum Gasteiger partial charge on any atom is 0.246 e. The summed E-state index contributed by atoms with van der Waals surface area (Å²) in [5, 5.41) is 3.27. The smallest absolute Gasteiger partial charge is 0.246 e. The lowest BCUT2D eigenvalue weighted by molar-refractivity contribution is -0.127. The van der Waals surface area contributed by atoms with E-state index in [9.17, 15) is 9.18 Å². The number of rotatable bonds is 7. The van der Waals surface area contributed by atoms with E-state index in [-0.39, 0.29) is 11.9 Å². The molecule has 0 aliphatic carbocycles. The predicted molar refractivity (Wildman–Crippen MR) is 127 cm³/mol. The van der Waals surface area contributed by atoms with Crippen LogP contribution in [-0.2, 0) is 4.79 Å². The summed E-state index contributed by atoms with van der Waals surface area (Å²) in [4.78, 5) is 17.7. The van der Waals surface area contributed by atoms with Crippen molar-refractivity contribution in [2.45, 2.75) is 24.9 Å². The van der Waals surface area contributed by atoms with Gasteiger partial charge in [0.05, 0.1) is 17.9 Å². The number of likely N-dealkylation sites (tertiary alicyclic amines) is 1. The molecule has 2 heterocycles. The fraction of sp³-hybridized carbons (Fsp3) is 0.231. The van der Waals surface area contributed by atoms with Crippen molar-refractivity contribution in [2.75, 3.05) is 18.4 Å². The Kier molecular flexibility index (Phi) is 7.00. The molecule has 7 heteroatoms. The van der Waals surface area contributed by atoms with Gasteiger partial charge in [0.2, 0.25) is 5.91 Å². The molecule has 0 spiro atoms. The number of nitrogens with one attached hydrogen (secondary N) is 1. The summed E-state index contributed by atoms with van der Waals surface area (Å²) in [7, 11) is 0. The van der Waals surface area contributed by atoms with Crippen LogP contribution in [0.25, 0.3) is 0 Å². The summed E-state index contributed by atoms with van der Waals surface area (Å²) in [5.41, 5.74) is 8.20. The summed E-state index contributed by atoms with van der Waals surface area (Å²) < 4.78 is 20.6. The lowest BCUT2D eigenvalue weighted by Crippen LogP contribution is -2.44. The highest BCUT2D eigenvalue weighted by Crippen LogP contribution is 2.31. The van der Waals surface area contributed by atoms with Crippen molar-refractivity contribution >= 4 is 11.6 Å². The number of aromatic nitrogens is 1. The van der Waals surface area contributed by atoms with E-state index >= 15 is 0 Å². The molecule has 1 amide bonds. The van der Waals surface area contributed by atoms with Crippen LogP contribution in [-0.4, -0.2) is 34.9 Å². The van der Waals surface area contributed by atoms with E-state index in [1.165, 1.54) is 12.3 Å². The zero-order valence-corrected chi connectivity index (χ0v) is 18.3. The van der Waals surface area contributed by atoms with Gasteiger partial charge in [-0.25, -0.2) is 4.39 Å². The SMILES string of the molecule is C=CC(=O)N1CCCC(Nc2c(F)cncc2C(N)c2ccc(Oc3ccccc3)cc2)C1. The maximum absolute atomic E-state index is 14.8. The van der Waals surface area contributed by atoms with Gasteiger partial charge in [0.1, 0.15) is 11.5 Å². The molecule has 0 saturated carbocycles. The van der Waals surface area contributed by atoms with Crippen LogP contribution in [0.2, 0.25) is 0 Å². The van der Waals surface area contributed by atoms with Crippen LogP contribution < -0.4 is 15.8 Å². The van der Waals surface area contributed by atoms with E-state index in [0.717, 1.165) is 24.2 Å². The molecule has 1 fully saturated rings. The van der Waals surface area contributed by atoms with Crippen molar-refractivity contribution in [3.05, 3.63) is 96.6 Å². The van der Waals surface area contributed by atoms with E-state index in [4.69, 9.17) is 10.5 Å². The molecule has 2 unspecified atom stereocenters. The zero-order chi connectivity index (χ0) is 23.2. The Labute approximate surface area is 192 Å². The first-order valence-corrected chi connectivity index (χ1v) is 10.9. The van der Waals surface area contributed by atoms with Gasteiger partial charge in [-0.05, 0) is 48.7 Å². The van der Waals surface area contributed by atoms with Gasteiger partial charge in [-0.2, -0.15) is 0 Å². The second-order valence-electron chi connectivity index (χ2n) is 8.02. The highest BCUT2D eigenvalue weighted by Gasteiger charge is 2.25. The standard InChI is InChI=1S/C26H27FN4O2/c1-2-24(32)31-14-6-7-19(17-31)30-26-22(15-29-16-23(26)27)25(28)18-10-12-21(13-11-18)33-20-8-4-3-5-9-20/h2-5,8-13,15-16,19,25H,1,6-7,14,17,28H2,(H,29,30). The summed E-state index contributed by atoms with van der Waals surface area (Å²) in [6, 6.07) is 16.2. The van der Waals surface area contributed by atoms with Crippen LogP contribution in [0, 0.1) is 5.82 Å². The number of pyridine rings is 1. The van der Waals surface area contributed by atoms with E-state index < -0.39 is 11.9 Å². The van der Waals surface area contributed by atoms with Crippen molar-refractivity contribution in [1.29, 1.82) is 0 Å². The van der Waals surface area contributed by atoms with Crippen LogP contribution in [0.4, 0.5) is 10.1 Å². The summed E-state index contributed by atoms with van der Waals surface area (Å²) in [6.07, 6.45) is 5.71. The summed E-state index contributed by atoms with van der Waals surface area (Å²) >= 11 is 0. The second kappa shape index (κ2) is 10.3. The van der Waals surface area contributed by atoms with Crippen LogP contribution >= 0.6 is 0 Å². The Morgan fingerprint density at radius 1 is 1.18 bits per heavy atom. The van der Waals surface area contributed by atoms with Crippen LogP contribution in [0.1, 0.15) is 30.0 Å². The van der Waals surface area contributed by atoms with Crippen molar-refractivity contribution in [1.82, 2.24) is 9.88 Å². The monoisotopic (exact) mass is 446 g/mol. The normalized spacial score (nSPS) is 16.7. The number of carbonyl (C=O) groups excluding carboxylic acids is 1. The predicted octanol–water partition coefficient (Wildman–Crippen LogP) is 4.65. The average molecular weight is 447 g/mol. The number of benzene rings is 2. The second-order valence-corrected chi connectivity index (χ2v) is 8.02. The summed E-state index contributed by atoms with van der Waals surface area (Å²) in [5.74, 6) is 0.833. The van der Waals surface area contributed by atoms with E-state index in [1.54, 1.807) is 11.1 Å². The molecule has 6 nitrogen and oxygen atoms in total. The minimum absolute atomic E-state index is 0.0906. The van der Waals surface area contributed by atoms with Gasteiger partial charge in [0, 0.05) is 30.9 Å². The molecule has 1 aliphatic rings. The minimum atomic E-state index is -0.587. The number of hydrogen-bond donors (Lipinski definition) is 2. The Hall–Kier alpha value is -3.71. The molecular formula is C26H27FN4O2. The van der Waals surface area contributed by atoms with E-state index in [0.29, 0.717) is 30.1 Å². The minimum Gasteiger partial charge on any atom is -0.457 e. The number of nitrogens with two attached hydrogens (primary N) is 1. The molecule has 33 heavy (non-hydrogen) atoms. The zero-order valence-electron chi connectivity index (χ0n) is 18.3. The third kappa shape index (κ3) is 5.38. The molecule has 0 radical (unpaired) electrons. The van der Waals surface area contributed by atoms with Crippen molar-refractivity contribution in [3.8, 4) is 11.5 Å². The molecule has 4 rings (SSSR count). The molecule has 3 aromatic rings. The topological polar surface area (TPSA) is 80.5 Å². The molecule has 1 aromatic heterocycles. The van der Waals surface area contributed by atoms with Gasteiger partial charge in [-0.15, -0.1) is 0 Å². The van der Waals surface area contributed by atoms with Gasteiger partial charge in [0.15, 0.2) is 5.82 Å². The Balaban J connectivity index is 1.51. The van der Waals surface area contributed by atoms with Gasteiger partial charge in [-0.1, -0.05) is 36.9 Å². The van der Waals surface area contributed by atoms with Crippen LogP contribution in [0.15, 0.2) is 79.6 Å². The first-order valence-electron chi connectivity index (χ1n) is 10.9. The highest BCUT2D eigenvalue weighted by molar-refractivity contribution is 5.87. The lowest BCUT2D eigenvalue weighted by Gasteiger charge is -2.34. The molecule has 0 bridgehead atoms. The van der Waals surface area contributed by atoms with Crippen LogP contribution in [0.3, 0.4) is 0 Å². The van der Waals surface area contributed by atoms with Crippen molar-refractivity contribution in [2.24, 2.45) is 5.73 Å². The molecule has 2 atom stereocenters. The molecule has 2 aromatic carbocycles. The number of piperidine rings is 1. The number of para-hydroxylation sites is 1. The van der Waals surface area contributed by atoms with E-state index in [2.05, 4.69) is 16.9 Å². The fourth-order valence-electron chi connectivity index (χ4n) is 4.01. The van der Waals surface area contributed by atoms with E-state index in [1.807, 2.05) is 54.6 Å². The van der Waals surface area contributed by atoms with Gasteiger partial charge in [-0.3, -0.25) is 9.78 Å². The Morgan fingerprint density at radius 2 is 1.91 bits per heavy atom. The quantitative estimate of drug-likeness (QED) is 0.517. The van der Waals surface area contributed by atoms with Crippen molar-refractivity contribution in [3.63, 3.8) is 0 Å². The Morgan fingerprint density at radius 3 is 2.64 bits per heavy atom. The van der Waals surface area contributed by atoms with Gasteiger partial charge < -0.3 is 20.7 Å². The number of carbonyl (C=O) groups is 1. The maximum atomic E-state index is 14.8. The number of halogens is 1. The number of anilines is 1. The third-order valence-electron chi connectivity index (χ3n) is 5.74. The highest BCUT2D eigenvalue weighted by atomic mass is 19.1. The fourth-order valence-corrected chi connectivity index (χ4v) is 4.01. The number of amides is 1. The number of hydrogen-bond acceptors (Lipinski definition) is 5. The van der Waals surface area contributed by atoms with Gasteiger partial charge >= 0.3 is 0 Å². The third-order valence-corrected chi connectivity index (χ3v) is 5.74. The number of ether oxygens (including phenoxy) is 1. The van der Waals surface area contributed by atoms with Crippen molar-refractivity contribution < 1.29 is 13.9 Å². The average Bonchev–Trinajstić information content (AvgIpc) is 2.85. The molecule has 170 valence electrons. The van der Waals surface area contributed by atoms with Gasteiger partial charge in [0.25, 0.3) is 0 Å². The molecular weight excluding hydrogens is 419 g/mol. The molecule has 1 saturated heterocycles. The summed E-state index contributed by atoms with van der Waals surface area (Å²) in [6.45, 7) is 4.71. The molecule has 3 N–H and O–H groups in total.